The van der Waals surface area contributed by atoms with Crippen molar-refractivity contribution < 1.29 is 33.7 Å². The summed E-state index contributed by atoms with van der Waals surface area (Å²) < 4.78 is 16.3. The monoisotopic (exact) mass is 410 g/mol. The minimum absolute atomic E-state index is 0.0953. The molecule has 2 aliphatic carbocycles. The first kappa shape index (κ1) is 19.9. The van der Waals surface area contributed by atoms with E-state index in [1.165, 1.54) is 26.8 Å². The zero-order chi connectivity index (χ0) is 21.6. The van der Waals surface area contributed by atoms with Gasteiger partial charge in [0.2, 0.25) is 0 Å². The third-order valence-corrected chi connectivity index (χ3v) is 5.80. The summed E-state index contributed by atoms with van der Waals surface area (Å²) in [6.07, 6.45) is 2.45. The van der Waals surface area contributed by atoms with Gasteiger partial charge in [0.05, 0.1) is 0 Å². The summed E-state index contributed by atoms with van der Waals surface area (Å²) in [5, 5.41) is 10.8. The quantitative estimate of drug-likeness (QED) is 0.612. The lowest BCUT2D eigenvalue weighted by Gasteiger charge is -2.29. The summed E-state index contributed by atoms with van der Waals surface area (Å²) in [5.41, 5.74) is 2.34. The number of hydrogen-bond donors (Lipinski definition) is 1. The highest BCUT2D eigenvalue weighted by Crippen LogP contribution is 2.60. The summed E-state index contributed by atoms with van der Waals surface area (Å²) in [7, 11) is 0. The van der Waals surface area contributed by atoms with Gasteiger partial charge >= 0.3 is 17.9 Å². The Balaban J connectivity index is 1.95. The average molecular weight is 410 g/mol. The van der Waals surface area contributed by atoms with E-state index in [2.05, 4.69) is 0 Å². The highest BCUT2D eigenvalue weighted by molar-refractivity contribution is 5.76. The minimum Gasteiger partial charge on any atom is -0.508 e. The van der Waals surface area contributed by atoms with Crippen LogP contribution in [0, 0.1) is 0 Å². The van der Waals surface area contributed by atoms with Gasteiger partial charge in [-0.3, -0.25) is 14.4 Å². The Kier molecular flexibility index (Phi) is 4.76. The molecule has 4 rings (SSSR count). The largest absolute Gasteiger partial charge is 0.508 e. The lowest BCUT2D eigenvalue weighted by Crippen LogP contribution is -2.23. The summed E-state index contributed by atoms with van der Waals surface area (Å²) >= 11 is 0. The van der Waals surface area contributed by atoms with Crippen LogP contribution in [0.15, 0.2) is 24.3 Å². The van der Waals surface area contributed by atoms with Gasteiger partial charge in [0.1, 0.15) is 23.0 Å². The van der Waals surface area contributed by atoms with Crippen molar-refractivity contribution in [1.29, 1.82) is 0 Å². The van der Waals surface area contributed by atoms with Crippen LogP contribution in [0.2, 0.25) is 0 Å². The molecule has 156 valence electrons. The fourth-order valence-corrected chi connectivity index (χ4v) is 4.95. The lowest BCUT2D eigenvalue weighted by molar-refractivity contribution is -0.133. The van der Waals surface area contributed by atoms with E-state index in [1.54, 1.807) is 18.2 Å². The summed E-state index contributed by atoms with van der Waals surface area (Å²) in [5.74, 6) is -0.0108. The van der Waals surface area contributed by atoms with Crippen LogP contribution in [0.25, 0.3) is 0 Å². The van der Waals surface area contributed by atoms with Gasteiger partial charge in [0, 0.05) is 48.4 Å². The van der Waals surface area contributed by atoms with Gasteiger partial charge in [0.15, 0.2) is 0 Å². The van der Waals surface area contributed by atoms with E-state index >= 15 is 0 Å². The summed E-state index contributed by atoms with van der Waals surface area (Å²) in [6, 6.07) is 6.36. The van der Waals surface area contributed by atoms with Crippen molar-refractivity contribution >= 4 is 17.9 Å². The molecule has 7 nitrogen and oxygen atoms in total. The molecule has 2 aromatic carbocycles. The van der Waals surface area contributed by atoms with E-state index in [-0.39, 0.29) is 5.75 Å². The number of fused-ring (bicyclic) bond motifs is 4. The SMILES string of the molecule is CC(=O)Oc1ccc(O)c2c1CCC21CCc2c(OC(C)=O)ccc(OC(C)=O)c21. The number of aromatic hydroxyl groups is 1. The molecule has 0 amide bonds. The lowest BCUT2D eigenvalue weighted by atomic mass is 9.75. The van der Waals surface area contributed by atoms with Gasteiger partial charge < -0.3 is 19.3 Å². The molecule has 0 bridgehead atoms. The third kappa shape index (κ3) is 3.10. The molecular weight excluding hydrogens is 388 g/mol. The van der Waals surface area contributed by atoms with Crippen LogP contribution < -0.4 is 14.2 Å². The molecule has 1 atom stereocenters. The highest BCUT2D eigenvalue weighted by Gasteiger charge is 2.50. The van der Waals surface area contributed by atoms with E-state index < -0.39 is 23.3 Å². The van der Waals surface area contributed by atoms with E-state index in [9.17, 15) is 19.5 Å². The Morgan fingerprint density at radius 3 is 1.70 bits per heavy atom. The van der Waals surface area contributed by atoms with Crippen LogP contribution in [0.3, 0.4) is 0 Å². The average Bonchev–Trinajstić information content (AvgIpc) is 3.22. The Morgan fingerprint density at radius 2 is 1.17 bits per heavy atom. The van der Waals surface area contributed by atoms with Gasteiger partial charge in [-0.25, -0.2) is 0 Å². The summed E-state index contributed by atoms with van der Waals surface area (Å²) in [4.78, 5) is 34.9. The van der Waals surface area contributed by atoms with E-state index in [4.69, 9.17) is 14.2 Å². The molecule has 30 heavy (non-hydrogen) atoms. The number of hydrogen-bond acceptors (Lipinski definition) is 7. The van der Waals surface area contributed by atoms with Crippen LogP contribution in [0.4, 0.5) is 0 Å². The molecule has 1 spiro atoms. The second-order valence-electron chi connectivity index (χ2n) is 7.71. The van der Waals surface area contributed by atoms with Crippen LogP contribution >= 0.6 is 0 Å². The maximum atomic E-state index is 11.8. The molecule has 0 heterocycles. The molecule has 0 radical (unpaired) electrons. The number of ether oxygens (including phenoxy) is 3. The van der Waals surface area contributed by atoms with E-state index in [0.717, 1.165) is 16.7 Å². The second kappa shape index (κ2) is 7.16. The molecule has 0 saturated carbocycles. The number of phenolic OH excluding ortho intramolecular Hbond substituents is 1. The molecule has 0 aliphatic heterocycles. The Hall–Kier alpha value is -3.35. The number of carbonyl (C=O) groups excluding carboxylic acids is 3. The van der Waals surface area contributed by atoms with Crippen molar-refractivity contribution in [3.05, 3.63) is 46.5 Å². The number of rotatable bonds is 3. The van der Waals surface area contributed by atoms with Gasteiger partial charge in [-0.1, -0.05) is 0 Å². The molecule has 2 aromatic rings. The van der Waals surface area contributed by atoms with Crippen molar-refractivity contribution in [1.82, 2.24) is 0 Å². The number of esters is 3. The number of carbonyl (C=O) groups is 3. The number of phenols is 1. The smallest absolute Gasteiger partial charge is 0.308 e. The standard InChI is InChI=1S/C23H22O7/c1-12(24)28-18-5-4-17(27)21-15(18)8-10-23(21)11-9-16-19(29-13(2)25)6-7-20(22(16)23)30-14(3)26/h4-7,27H,8-11H2,1-3H3. The fourth-order valence-electron chi connectivity index (χ4n) is 4.95. The molecule has 0 fully saturated rings. The third-order valence-electron chi connectivity index (χ3n) is 5.80. The normalized spacial score (nSPS) is 18.6. The Morgan fingerprint density at radius 1 is 0.733 bits per heavy atom. The maximum Gasteiger partial charge on any atom is 0.308 e. The zero-order valence-electron chi connectivity index (χ0n) is 17.0. The van der Waals surface area contributed by atoms with Crippen molar-refractivity contribution in [2.75, 3.05) is 0 Å². The number of benzene rings is 2. The predicted molar refractivity (Wildman–Crippen MR) is 106 cm³/mol. The van der Waals surface area contributed by atoms with Gasteiger partial charge in [-0.15, -0.1) is 0 Å². The van der Waals surface area contributed by atoms with Crippen molar-refractivity contribution in [3.8, 4) is 23.0 Å². The van der Waals surface area contributed by atoms with Gasteiger partial charge in [-0.2, -0.15) is 0 Å². The molecule has 0 saturated heterocycles. The zero-order valence-corrected chi connectivity index (χ0v) is 17.0. The van der Waals surface area contributed by atoms with Gasteiger partial charge in [-0.05, 0) is 49.9 Å². The summed E-state index contributed by atoms with van der Waals surface area (Å²) in [6.45, 7) is 3.99. The Labute approximate surface area is 173 Å². The maximum absolute atomic E-state index is 11.8. The first-order valence-electron chi connectivity index (χ1n) is 9.80. The topological polar surface area (TPSA) is 99.1 Å². The molecule has 1 N–H and O–H groups in total. The van der Waals surface area contributed by atoms with Crippen LogP contribution in [0.1, 0.15) is 55.9 Å². The molecule has 2 aliphatic rings. The Bertz CT molecular complexity index is 1080. The van der Waals surface area contributed by atoms with Crippen molar-refractivity contribution in [3.63, 3.8) is 0 Å². The first-order chi connectivity index (χ1) is 14.2. The molecule has 7 heteroatoms. The van der Waals surface area contributed by atoms with E-state index in [1.807, 2.05) is 0 Å². The fraction of sp³-hybridized carbons (Fsp3) is 0.348. The second-order valence-corrected chi connectivity index (χ2v) is 7.71. The predicted octanol–water partition coefficient (Wildman–Crippen LogP) is 3.35. The van der Waals surface area contributed by atoms with Crippen LogP contribution in [-0.4, -0.2) is 23.0 Å². The van der Waals surface area contributed by atoms with Crippen molar-refractivity contribution in [2.24, 2.45) is 0 Å². The first-order valence-corrected chi connectivity index (χ1v) is 9.80. The van der Waals surface area contributed by atoms with Crippen LogP contribution in [-0.2, 0) is 32.6 Å². The molecular formula is C23H22O7. The van der Waals surface area contributed by atoms with E-state index in [0.29, 0.717) is 48.5 Å². The van der Waals surface area contributed by atoms with Crippen LogP contribution in [0.5, 0.6) is 23.0 Å². The van der Waals surface area contributed by atoms with Gasteiger partial charge in [0.25, 0.3) is 0 Å². The van der Waals surface area contributed by atoms with Crippen molar-refractivity contribution in [2.45, 2.75) is 51.9 Å². The minimum atomic E-state index is -0.633. The molecule has 1 unspecified atom stereocenters. The molecule has 0 aromatic heterocycles. The highest BCUT2D eigenvalue weighted by atomic mass is 16.5.